The number of likely N-dealkylation sites (tertiary alicyclic amines) is 1. The van der Waals surface area contributed by atoms with Crippen LogP contribution in [0, 0.1) is 0 Å². The van der Waals surface area contributed by atoms with E-state index in [4.69, 9.17) is 9.47 Å². The fourth-order valence-corrected chi connectivity index (χ4v) is 6.03. The van der Waals surface area contributed by atoms with Gasteiger partial charge >= 0.3 is 12.2 Å². The number of rotatable bonds is 7. The number of thiophene rings is 1. The topological polar surface area (TPSA) is 113 Å². The van der Waals surface area contributed by atoms with E-state index in [1.165, 1.54) is 4.90 Å². The molecule has 3 amide bonds. The maximum Gasteiger partial charge on any atom is 0.415 e. The lowest BCUT2D eigenvalue weighted by Gasteiger charge is -2.38. The number of nitrogens with one attached hydrogen (secondary N) is 1. The fraction of sp³-hybridized carbons (Fsp3) is 0.344. The molecule has 2 N–H and O–H groups in total. The molecule has 1 aliphatic rings. The third-order valence-electron chi connectivity index (χ3n) is 7.36. The monoisotopic (exact) mass is 604 g/mol. The number of carboxylic acid groups (broad SMARTS) is 1. The van der Waals surface area contributed by atoms with Crippen molar-refractivity contribution < 1.29 is 29.0 Å². The van der Waals surface area contributed by atoms with Gasteiger partial charge in [0.05, 0.1) is 10.2 Å². The van der Waals surface area contributed by atoms with Gasteiger partial charge in [-0.2, -0.15) is 0 Å². The number of piperidine rings is 1. The Bertz CT molecular complexity index is 1610. The third kappa shape index (κ3) is 6.94. The van der Waals surface area contributed by atoms with Gasteiger partial charge in [-0.15, -0.1) is 11.3 Å². The Balaban J connectivity index is 1.27. The van der Waals surface area contributed by atoms with E-state index >= 15 is 0 Å². The van der Waals surface area contributed by atoms with Crippen LogP contribution >= 0.6 is 11.3 Å². The van der Waals surface area contributed by atoms with Gasteiger partial charge in [0.1, 0.15) is 23.7 Å². The summed E-state index contributed by atoms with van der Waals surface area (Å²) in [5.41, 5.74) is 3.04. The zero-order valence-corrected chi connectivity index (χ0v) is 25.5. The highest BCUT2D eigenvalue weighted by atomic mass is 32.1. The van der Waals surface area contributed by atoms with Gasteiger partial charge in [-0.3, -0.25) is 9.69 Å². The van der Waals surface area contributed by atoms with Crippen LogP contribution in [0.4, 0.5) is 21.0 Å². The van der Waals surface area contributed by atoms with Gasteiger partial charge in [-0.1, -0.05) is 18.2 Å². The van der Waals surface area contributed by atoms with Crippen LogP contribution < -0.4 is 15.0 Å². The number of benzene rings is 2. The molecule has 0 unspecified atom stereocenters. The van der Waals surface area contributed by atoms with E-state index in [0.717, 1.165) is 15.8 Å². The van der Waals surface area contributed by atoms with E-state index in [9.17, 15) is 19.5 Å². The number of para-hydroxylation sites is 1. The Morgan fingerprint density at radius 2 is 1.74 bits per heavy atom. The van der Waals surface area contributed by atoms with Gasteiger partial charge in [0.2, 0.25) is 0 Å². The maximum absolute atomic E-state index is 13.3. The molecule has 0 spiro atoms. The summed E-state index contributed by atoms with van der Waals surface area (Å²) in [5, 5.41) is 14.4. The SMILES string of the molecule is Cn1c(C(=O)Nc2ccccc2COc2ccc(N(C(=O)OC(C)(C)C)C3CCN(C(=O)O)CC3)cc2)cc2sccc21. The first kappa shape index (κ1) is 30.0. The zero-order chi connectivity index (χ0) is 30.7. The number of carbonyl (C=O) groups is 3. The highest BCUT2D eigenvalue weighted by molar-refractivity contribution is 7.17. The number of fused-ring (bicyclic) bond motifs is 1. The molecule has 0 bridgehead atoms. The lowest BCUT2D eigenvalue weighted by molar-refractivity contribution is 0.0549. The molecule has 43 heavy (non-hydrogen) atoms. The molecule has 10 nitrogen and oxygen atoms in total. The summed E-state index contributed by atoms with van der Waals surface area (Å²) in [4.78, 5) is 40.7. The molecule has 4 aromatic rings. The maximum atomic E-state index is 13.3. The van der Waals surface area contributed by atoms with Crippen molar-refractivity contribution in [1.29, 1.82) is 0 Å². The van der Waals surface area contributed by atoms with Gasteiger partial charge < -0.3 is 29.4 Å². The minimum atomic E-state index is -0.954. The Kier molecular flexibility index (Phi) is 8.63. The van der Waals surface area contributed by atoms with Crippen molar-refractivity contribution in [1.82, 2.24) is 9.47 Å². The predicted molar refractivity (Wildman–Crippen MR) is 167 cm³/mol. The molecule has 0 aliphatic carbocycles. The lowest BCUT2D eigenvalue weighted by Crippen LogP contribution is -2.50. The summed E-state index contributed by atoms with van der Waals surface area (Å²) in [6.07, 6.45) is -0.414. The van der Waals surface area contributed by atoms with E-state index in [2.05, 4.69) is 5.32 Å². The molecular weight excluding hydrogens is 568 g/mol. The standard InChI is InChI=1S/C32H36N4O6S/c1-32(2,3)42-31(40)36(23-13-16-35(17-14-23)30(38)39)22-9-11-24(12-10-22)41-20-21-7-5-6-8-25(21)33-29(37)27-19-28-26(34(27)4)15-18-43-28/h5-12,15,18-19,23H,13-14,16-17,20H2,1-4H3,(H,33,37)(H,38,39). The van der Waals surface area contributed by atoms with Crippen molar-refractivity contribution in [2.45, 2.75) is 51.9 Å². The van der Waals surface area contributed by atoms with E-state index in [1.807, 2.05) is 74.2 Å². The second kappa shape index (κ2) is 12.4. The van der Waals surface area contributed by atoms with Crippen molar-refractivity contribution >= 4 is 51.0 Å². The number of ether oxygens (including phenoxy) is 2. The van der Waals surface area contributed by atoms with E-state index in [0.29, 0.717) is 48.7 Å². The van der Waals surface area contributed by atoms with Gasteiger partial charge in [0.15, 0.2) is 0 Å². The van der Waals surface area contributed by atoms with Gasteiger partial charge in [0, 0.05) is 43.1 Å². The first-order valence-corrected chi connectivity index (χ1v) is 15.0. The van der Waals surface area contributed by atoms with Crippen LogP contribution in [0.3, 0.4) is 0 Å². The normalized spacial score (nSPS) is 14.0. The van der Waals surface area contributed by atoms with E-state index < -0.39 is 17.8 Å². The molecule has 1 saturated heterocycles. The highest BCUT2D eigenvalue weighted by Gasteiger charge is 2.33. The number of hydrogen-bond donors (Lipinski definition) is 2. The molecule has 2 aromatic carbocycles. The second-order valence-corrected chi connectivity index (χ2v) is 12.5. The Labute approximate surface area is 254 Å². The average molecular weight is 605 g/mol. The average Bonchev–Trinajstić information content (AvgIpc) is 3.55. The number of carbonyl (C=O) groups excluding carboxylic acids is 2. The Morgan fingerprint density at radius 1 is 1.05 bits per heavy atom. The van der Waals surface area contributed by atoms with Gasteiger partial charge in [-0.05, 0) is 81.5 Å². The van der Waals surface area contributed by atoms with Crippen LogP contribution in [0.5, 0.6) is 5.75 Å². The lowest BCUT2D eigenvalue weighted by atomic mass is 10.0. The zero-order valence-electron chi connectivity index (χ0n) is 24.7. The number of hydrogen-bond acceptors (Lipinski definition) is 6. The summed E-state index contributed by atoms with van der Waals surface area (Å²) in [7, 11) is 1.88. The minimum absolute atomic E-state index is 0.195. The molecule has 3 heterocycles. The number of nitrogens with zero attached hydrogens (tertiary/aromatic N) is 3. The Hall–Kier alpha value is -4.51. The minimum Gasteiger partial charge on any atom is -0.489 e. The van der Waals surface area contributed by atoms with E-state index in [1.54, 1.807) is 40.5 Å². The molecule has 0 saturated carbocycles. The molecule has 5 rings (SSSR count). The van der Waals surface area contributed by atoms with Crippen LogP contribution in [-0.2, 0) is 18.4 Å². The summed E-state index contributed by atoms with van der Waals surface area (Å²) >= 11 is 1.60. The van der Waals surface area contributed by atoms with Crippen molar-refractivity contribution in [2.24, 2.45) is 7.05 Å². The number of anilines is 2. The number of amides is 3. The summed E-state index contributed by atoms with van der Waals surface area (Å²) in [6, 6.07) is 18.4. The molecule has 0 atom stereocenters. The molecule has 11 heteroatoms. The van der Waals surface area contributed by atoms with Crippen molar-refractivity contribution in [2.75, 3.05) is 23.3 Å². The molecular formula is C32H36N4O6S. The molecule has 1 fully saturated rings. The largest absolute Gasteiger partial charge is 0.489 e. The fourth-order valence-electron chi connectivity index (χ4n) is 5.18. The van der Waals surface area contributed by atoms with Crippen LogP contribution in [0.15, 0.2) is 66.0 Å². The smallest absolute Gasteiger partial charge is 0.415 e. The second-order valence-electron chi connectivity index (χ2n) is 11.5. The van der Waals surface area contributed by atoms with E-state index in [-0.39, 0.29) is 18.6 Å². The summed E-state index contributed by atoms with van der Waals surface area (Å²) in [6.45, 7) is 6.36. The summed E-state index contributed by atoms with van der Waals surface area (Å²) in [5.74, 6) is 0.400. The third-order valence-corrected chi connectivity index (χ3v) is 8.21. The molecule has 1 aliphatic heterocycles. The predicted octanol–water partition coefficient (Wildman–Crippen LogP) is 6.96. The van der Waals surface area contributed by atoms with Crippen LogP contribution in [0.25, 0.3) is 10.2 Å². The quantitative estimate of drug-likeness (QED) is 0.236. The number of aryl methyl sites for hydroxylation is 1. The first-order valence-electron chi connectivity index (χ1n) is 14.2. The van der Waals surface area contributed by atoms with Crippen molar-refractivity contribution in [3.8, 4) is 5.75 Å². The first-order chi connectivity index (χ1) is 20.5. The van der Waals surface area contributed by atoms with Crippen molar-refractivity contribution in [3.05, 3.63) is 77.3 Å². The molecule has 0 radical (unpaired) electrons. The number of aromatic nitrogens is 1. The molecule has 2 aromatic heterocycles. The summed E-state index contributed by atoms with van der Waals surface area (Å²) < 4.78 is 14.7. The van der Waals surface area contributed by atoms with Gasteiger partial charge in [0.25, 0.3) is 5.91 Å². The Morgan fingerprint density at radius 3 is 2.40 bits per heavy atom. The van der Waals surface area contributed by atoms with Crippen LogP contribution in [0.2, 0.25) is 0 Å². The van der Waals surface area contributed by atoms with Crippen LogP contribution in [-0.4, -0.2) is 57.4 Å². The molecule has 226 valence electrons. The van der Waals surface area contributed by atoms with Crippen LogP contribution in [0.1, 0.15) is 49.7 Å². The highest BCUT2D eigenvalue weighted by Crippen LogP contribution is 2.29. The van der Waals surface area contributed by atoms with Gasteiger partial charge in [-0.25, -0.2) is 9.59 Å². The van der Waals surface area contributed by atoms with Crippen molar-refractivity contribution in [3.63, 3.8) is 0 Å².